The summed E-state index contributed by atoms with van der Waals surface area (Å²) in [5, 5.41) is 4.00. The lowest BCUT2D eigenvalue weighted by molar-refractivity contribution is -0.274. The van der Waals surface area contributed by atoms with Gasteiger partial charge in [0.1, 0.15) is 11.3 Å². The number of ether oxygens (including phenoxy) is 2. The maximum absolute atomic E-state index is 12.9. The van der Waals surface area contributed by atoms with Crippen LogP contribution in [0, 0.1) is 0 Å². The fourth-order valence-corrected chi connectivity index (χ4v) is 3.31. The molecule has 0 aliphatic heterocycles. The molecule has 1 aromatic heterocycles. The molecule has 0 radical (unpaired) electrons. The van der Waals surface area contributed by atoms with Gasteiger partial charge in [-0.25, -0.2) is 13.1 Å². The lowest BCUT2D eigenvalue weighted by Crippen LogP contribution is -2.18. The van der Waals surface area contributed by atoms with Gasteiger partial charge in [0.05, 0.1) is 19.1 Å². The smallest absolute Gasteiger partial charge is 0.481 e. The van der Waals surface area contributed by atoms with Gasteiger partial charge in [-0.15, -0.1) is 13.2 Å². The molecule has 7 nitrogen and oxygen atoms in total. The summed E-state index contributed by atoms with van der Waals surface area (Å²) >= 11 is 0. The SMILES string of the molecule is CCn1ncc(C(=O)c2ccc(OC(F)(F)F)cc2CS(C)(=O)=O)c1OC. The van der Waals surface area contributed by atoms with Crippen LogP contribution in [0.25, 0.3) is 0 Å². The van der Waals surface area contributed by atoms with Crippen LogP contribution in [0.2, 0.25) is 0 Å². The highest BCUT2D eigenvalue weighted by atomic mass is 32.2. The molecule has 2 rings (SSSR count). The predicted octanol–water partition coefficient (Wildman–Crippen LogP) is 2.59. The van der Waals surface area contributed by atoms with Crippen LogP contribution in [0.5, 0.6) is 11.6 Å². The molecule has 0 aliphatic carbocycles. The lowest BCUT2D eigenvalue weighted by Gasteiger charge is -2.13. The number of hydrogen-bond donors (Lipinski definition) is 0. The van der Waals surface area contributed by atoms with Crippen LogP contribution >= 0.6 is 0 Å². The van der Waals surface area contributed by atoms with Crippen molar-refractivity contribution in [3.05, 3.63) is 41.1 Å². The van der Waals surface area contributed by atoms with Crippen molar-refractivity contribution < 1.29 is 35.9 Å². The number of hydrogen-bond acceptors (Lipinski definition) is 6. The van der Waals surface area contributed by atoms with E-state index in [9.17, 15) is 26.4 Å². The van der Waals surface area contributed by atoms with E-state index in [1.54, 1.807) is 6.92 Å². The Labute approximate surface area is 153 Å². The lowest BCUT2D eigenvalue weighted by atomic mass is 10.0. The Hall–Kier alpha value is -2.56. The number of nitrogens with zero attached hydrogens (tertiary/aromatic N) is 2. The molecule has 1 aromatic carbocycles. The number of aryl methyl sites for hydroxylation is 1. The summed E-state index contributed by atoms with van der Waals surface area (Å²) in [6.45, 7) is 2.20. The van der Waals surface area contributed by atoms with E-state index < -0.39 is 33.5 Å². The molecule has 0 fully saturated rings. The molecule has 0 bridgehead atoms. The van der Waals surface area contributed by atoms with Gasteiger partial charge in [0.25, 0.3) is 0 Å². The quantitative estimate of drug-likeness (QED) is 0.657. The zero-order valence-electron chi connectivity index (χ0n) is 14.7. The molecular formula is C16H17F3N2O5S. The van der Waals surface area contributed by atoms with Gasteiger partial charge in [0, 0.05) is 18.4 Å². The van der Waals surface area contributed by atoms with E-state index in [-0.39, 0.29) is 22.6 Å². The molecule has 11 heteroatoms. The molecule has 0 unspecified atom stereocenters. The van der Waals surface area contributed by atoms with E-state index in [2.05, 4.69) is 9.84 Å². The predicted molar refractivity (Wildman–Crippen MR) is 89.6 cm³/mol. The zero-order chi connectivity index (χ0) is 20.4. The van der Waals surface area contributed by atoms with Gasteiger partial charge in [-0.3, -0.25) is 4.79 Å². The van der Waals surface area contributed by atoms with Gasteiger partial charge in [-0.05, 0) is 30.7 Å². The Kier molecular flexibility index (Phi) is 5.83. The Morgan fingerprint density at radius 2 is 1.93 bits per heavy atom. The molecule has 0 N–H and O–H groups in total. The summed E-state index contributed by atoms with van der Waals surface area (Å²) in [6, 6.07) is 2.92. The molecule has 0 amide bonds. The maximum Gasteiger partial charge on any atom is 0.573 e. The number of aromatic nitrogens is 2. The third kappa shape index (κ3) is 5.22. The van der Waals surface area contributed by atoms with E-state index in [0.29, 0.717) is 6.54 Å². The highest BCUT2D eigenvalue weighted by molar-refractivity contribution is 7.89. The Morgan fingerprint density at radius 1 is 1.26 bits per heavy atom. The van der Waals surface area contributed by atoms with Gasteiger partial charge < -0.3 is 9.47 Å². The zero-order valence-corrected chi connectivity index (χ0v) is 15.5. The summed E-state index contributed by atoms with van der Waals surface area (Å²) in [5.41, 5.74) is -0.127. The fourth-order valence-electron chi connectivity index (χ4n) is 2.51. The number of carbonyl (C=O) groups excluding carboxylic acids is 1. The normalized spacial score (nSPS) is 12.1. The van der Waals surface area contributed by atoms with Crippen LogP contribution in [0.15, 0.2) is 24.4 Å². The van der Waals surface area contributed by atoms with Crippen LogP contribution in [0.4, 0.5) is 13.2 Å². The largest absolute Gasteiger partial charge is 0.573 e. The minimum atomic E-state index is -4.95. The monoisotopic (exact) mass is 406 g/mol. The van der Waals surface area contributed by atoms with Gasteiger partial charge in [0.15, 0.2) is 15.6 Å². The van der Waals surface area contributed by atoms with Crippen LogP contribution < -0.4 is 9.47 Å². The van der Waals surface area contributed by atoms with Crippen molar-refractivity contribution in [3.63, 3.8) is 0 Å². The first-order valence-corrected chi connectivity index (χ1v) is 9.72. The number of halogens is 3. The number of alkyl halides is 3. The van der Waals surface area contributed by atoms with Crippen molar-refractivity contribution in [2.24, 2.45) is 0 Å². The van der Waals surface area contributed by atoms with Crippen molar-refractivity contribution >= 4 is 15.6 Å². The summed E-state index contributed by atoms with van der Waals surface area (Å²) in [5.74, 6) is -1.70. The Bertz CT molecular complexity index is 951. The fraction of sp³-hybridized carbons (Fsp3) is 0.375. The third-order valence-corrected chi connectivity index (χ3v) is 4.34. The molecule has 0 spiro atoms. The number of methoxy groups -OCH3 is 1. The summed E-state index contributed by atoms with van der Waals surface area (Å²) in [4.78, 5) is 12.9. The molecule has 148 valence electrons. The van der Waals surface area contributed by atoms with Crippen molar-refractivity contribution in [2.75, 3.05) is 13.4 Å². The first-order valence-electron chi connectivity index (χ1n) is 7.66. The minimum Gasteiger partial charge on any atom is -0.481 e. The summed E-state index contributed by atoms with van der Waals surface area (Å²) in [6.07, 6.45) is -2.78. The summed E-state index contributed by atoms with van der Waals surface area (Å²) < 4.78 is 71.1. The topological polar surface area (TPSA) is 87.5 Å². The molecule has 1 heterocycles. The van der Waals surface area contributed by atoms with Crippen LogP contribution in [0.3, 0.4) is 0 Å². The molecular weight excluding hydrogens is 389 g/mol. The first kappa shape index (κ1) is 20.7. The van der Waals surface area contributed by atoms with Crippen molar-refractivity contribution in [3.8, 4) is 11.6 Å². The van der Waals surface area contributed by atoms with Crippen LogP contribution in [-0.2, 0) is 22.1 Å². The van der Waals surface area contributed by atoms with Crippen LogP contribution in [0.1, 0.15) is 28.4 Å². The number of rotatable bonds is 7. The second-order valence-electron chi connectivity index (χ2n) is 5.65. The number of sulfone groups is 1. The second-order valence-corrected chi connectivity index (χ2v) is 7.79. The van der Waals surface area contributed by atoms with Crippen molar-refractivity contribution in [1.29, 1.82) is 0 Å². The number of benzene rings is 1. The minimum absolute atomic E-state index is 0.0681. The van der Waals surface area contributed by atoms with E-state index in [4.69, 9.17) is 4.74 Å². The maximum atomic E-state index is 12.9. The van der Waals surface area contributed by atoms with Gasteiger partial charge in [0.2, 0.25) is 5.88 Å². The highest BCUT2D eigenvalue weighted by Crippen LogP contribution is 2.29. The van der Waals surface area contributed by atoms with E-state index in [1.807, 2.05) is 0 Å². The summed E-state index contributed by atoms with van der Waals surface area (Å²) in [7, 11) is -2.29. The molecule has 0 aliphatic rings. The number of carbonyl (C=O) groups is 1. The standard InChI is InChI=1S/C16H17F3N2O5S/c1-4-21-15(25-2)13(8-20-21)14(22)12-6-5-11(26-16(17,18)19)7-10(12)9-27(3,23)24/h5-8H,4,9H2,1-3H3. The first-order chi connectivity index (χ1) is 12.4. The van der Waals surface area contributed by atoms with Crippen molar-refractivity contribution in [2.45, 2.75) is 25.6 Å². The molecule has 0 saturated carbocycles. The van der Waals surface area contributed by atoms with Gasteiger partial charge in [-0.2, -0.15) is 5.10 Å². The van der Waals surface area contributed by atoms with Gasteiger partial charge >= 0.3 is 6.36 Å². The second kappa shape index (κ2) is 7.59. The van der Waals surface area contributed by atoms with E-state index in [1.165, 1.54) is 18.0 Å². The third-order valence-electron chi connectivity index (χ3n) is 3.50. The van der Waals surface area contributed by atoms with Crippen molar-refractivity contribution in [1.82, 2.24) is 9.78 Å². The Balaban J connectivity index is 2.54. The number of ketones is 1. The van der Waals surface area contributed by atoms with Crippen LogP contribution in [-0.4, -0.2) is 43.7 Å². The molecule has 2 aromatic rings. The molecule has 0 saturated heterocycles. The average Bonchev–Trinajstić information content (AvgIpc) is 2.94. The molecule has 0 atom stereocenters. The van der Waals surface area contributed by atoms with E-state index >= 15 is 0 Å². The highest BCUT2D eigenvalue weighted by Gasteiger charge is 2.32. The average molecular weight is 406 g/mol. The molecule has 27 heavy (non-hydrogen) atoms. The Morgan fingerprint density at radius 3 is 2.44 bits per heavy atom. The van der Waals surface area contributed by atoms with E-state index in [0.717, 1.165) is 24.5 Å². The van der Waals surface area contributed by atoms with Gasteiger partial charge in [-0.1, -0.05) is 0 Å².